The quantitative estimate of drug-likeness (QED) is 0.478. The van der Waals surface area contributed by atoms with Gasteiger partial charge < -0.3 is 10.7 Å². The maximum Gasteiger partial charge on any atom is 0.271 e. The maximum absolute atomic E-state index is 11.8. The van der Waals surface area contributed by atoms with Crippen molar-refractivity contribution < 1.29 is 13.6 Å². The molecule has 4 N–H and O–H groups in total. The van der Waals surface area contributed by atoms with Crippen molar-refractivity contribution in [3.05, 3.63) is 18.1 Å². The third-order valence-corrected chi connectivity index (χ3v) is 1.43. The number of hydrogen-bond acceptors (Lipinski definition) is 5. The standard InChI is InChI=1S/C7H9F2N5O/c8-5(9)2-12-7(15)4-1-11-3-6(13-4)14-10/h1,3,5H,2,10H2,(H,12,15)(H,13,14). The molecule has 1 aromatic heterocycles. The van der Waals surface area contributed by atoms with Crippen molar-refractivity contribution >= 4 is 11.7 Å². The molecule has 0 bridgehead atoms. The van der Waals surface area contributed by atoms with E-state index in [2.05, 4.69) is 15.4 Å². The number of alkyl halides is 2. The second kappa shape index (κ2) is 5.15. The van der Waals surface area contributed by atoms with Gasteiger partial charge in [-0.2, -0.15) is 0 Å². The SMILES string of the molecule is NNc1cncc(C(=O)NCC(F)F)n1. The number of rotatable bonds is 4. The number of carbonyl (C=O) groups excluding carboxylic acids is 1. The maximum atomic E-state index is 11.8. The Morgan fingerprint density at radius 1 is 1.53 bits per heavy atom. The summed E-state index contributed by atoms with van der Waals surface area (Å²) < 4.78 is 23.5. The molecule has 0 aromatic carbocycles. The summed E-state index contributed by atoms with van der Waals surface area (Å²) in [5, 5.41) is 1.99. The fourth-order valence-corrected chi connectivity index (χ4v) is 0.805. The fourth-order valence-electron chi connectivity index (χ4n) is 0.805. The molecule has 0 aliphatic carbocycles. The number of aromatic nitrogens is 2. The van der Waals surface area contributed by atoms with Crippen LogP contribution in [0, 0.1) is 0 Å². The normalized spacial score (nSPS) is 10.1. The number of amides is 1. The van der Waals surface area contributed by atoms with Crippen molar-refractivity contribution in [2.24, 2.45) is 5.84 Å². The van der Waals surface area contributed by atoms with Gasteiger partial charge in [-0.05, 0) is 0 Å². The number of carbonyl (C=O) groups is 1. The second-order valence-electron chi connectivity index (χ2n) is 2.54. The van der Waals surface area contributed by atoms with Gasteiger partial charge in [-0.25, -0.2) is 19.6 Å². The van der Waals surface area contributed by atoms with Crippen LogP contribution in [-0.2, 0) is 0 Å². The molecule has 1 aromatic rings. The molecule has 0 fully saturated rings. The van der Waals surface area contributed by atoms with Crippen LogP contribution in [0.5, 0.6) is 0 Å². The number of nitrogen functional groups attached to an aromatic ring is 1. The Hall–Kier alpha value is -1.83. The first-order valence-corrected chi connectivity index (χ1v) is 3.98. The van der Waals surface area contributed by atoms with Crippen molar-refractivity contribution in [3.8, 4) is 0 Å². The minimum Gasteiger partial charge on any atom is -0.345 e. The minimum absolute atomic E-state index is 0.0777. The molecule has 0 radical (unpaired) electrons. The first-order valence-electron chi connectivity index (χ1n) is 3.98. The summed E-state index contributed by atoms with van der Waals surface area (Å²) in [6, 6.07) is 0. The zero-order valence-corrected chi connectivity index (χ0v) is 7.58. The highest BCUT2D eigenvalue weighted by Crippen LogP contribution is 2.00. The summed E-state index contributed by atoms with van der Waals surface area (Å²) in [7, 11) is 0. The van der Waals surface area contributed by atoms with Crippen molar-refractivity contribution in [2.45, 2.75) is 6.43 Å². The Balaban J connectivity index is 2.65. The second-order valence-corrected chi connectivity index (χ2v) is 2.54. The highest BCUT2D eigenvalue weighted by Gasteiger charge is 2.10. The Morgan fingerprint density at radius 3 is 2.87 bits per heavy atom. The van der Waals surface area contributed by atoms with Gasteiger partial charge in [0.15, 0.2) is 5.82 Å². The van der Waals surface area contributed by atoms with Gasteiger partial charge in [0.2, 0.25) is 0 Å². The molecule has 1 rings (SSSR count). The van der Waals surface area contributed by atoms with E-state index in [0.29, 0.717) is 0 Å². The van der Waals surface area contributed by atoms with Crippen LogP contribution in [0.25, 0.3) is 0 Å². The number of nitrogens with two attached hydrogens (primary N) is 1. The summed E-state index contributed by atoms with van der Waals surface area (Å²) >= 11 is 0. The number of hydrogen-bond donors (Lipinski definition) is 3. The predicted molar refractivity (Wildman–Crippen MR) is 48.2 cm³/mol. The summed E-state index contributed by atoms with van der Waals surface area (Å²) in [6.45, 7) is -0.721. The molecule has 82 valence electrons. The van der Waals surface area contributed by atoms with Crippen LogP contribution in [0.4, 0.5) is 14.6 Å². The van der Waals surface area contributed by atoms with E-state index in [9.17, 15) is 13.6 Å². The molecular weight excluding hydrogens is 208 g/mol. The van der Waals surface area contributed by atoms with Crippen LogP contribution in [0.2, 0.25) is 0 Å². The first kappa shape index (κ1) is 11.2. The molecule has 1 amide bonds. The van der Waals surface area contributed by atoms with E-state index in [4.69, 9.17) is 5.84 Å². The molecule has 15 heavy (non-hydrogen) atoms. The van der Waals surface area contributed by atoms with Crippen LogP contribution in [0.15, 0.2) is 12.4 Å². The number of halogens is 2. The third kappa shape index (κ3) is 3.43. The van der Waals surface area contributed by atoms with Gasteiger partial charge in [0.1, 0.15) is 5.69 Å². The van der Waals surface area contributed by atoms with Crippen molar-refractivity contribution in [1.29, 1.82) is 0 Å². The fraction of sp³-hybridized carbons (Fsp3) is 0.286. The number of nitrogens with zero attached hydrogens (tertiary/aromatic N) is 2. The smallest absolute Gasteiger partial charge is 0.271 e. The molecule has 6 nitrogen and oxygen atoms in total. The van der Waals surface area contributed by atoms with Gasteiger partial charge in [-0.15, -0.1) is 0 Å². The molecule has 0 unspecified atom stereocenters. The highest BCUT2D eigenvalue weighted by molar-refractivity contribution is 5.92. The molecule has 0 aliphatic heterocycles. The Labute approximate surface area is 83.9 Å². The van der Waals surface area contributed by atoms with Crippen LogP contribution in [0.1, 0.15) is 10.5 Å². The van der Waals surface area contributed by atoms with Gasteiger partial charge >= 0.3 is 0 Å². The lowest BCUT2D eigenvalue weighted by atomic mass is 10.4. The first-order chi connectivity index (χ1) is 7.13. The topological polar surface area (TPSA) is 92.9 Å². The van der Waals surface area contributed by atoms with E-state index >= 15 is 0 Å². The van der Waals surface area contributed by atoms with E-state index in [-0.39, 0.29) is 11.5 Å². The third-order valence-electron chi connectivity index (χ3n) is 1.43. The number of hydrazine groups is 1. The predicted octanol–water partition coefficient (Wildman–Crippen LogP) is -0.243. The lowest BCUT2D eigenvalue weighted by Crippen LogP contribution is -2.29. The van der Waals surface area contributed by atoms with Crippen molar-refractivity contribution in [1.82, 2.24) is 15.3 Å². The molecular formula is C7H9F2N5O. The zero-order chi connectivity index (χ0) is 11.3. The van der Waals surface area contributed by atoms with Gasteiger partial charge in [0.25, 0.3) is 12.3 Å². The summed E-state index contributed by atoms with van der Waals surface area (Å²) in [5.41, 5.74) is 2.11. The van der Waals surface area contributed by atoms with Gasteiger partial charge in [-0.1, -0.05) is 0 Å². The van der Waals surface area contributed by atoms with E-state index in [1.165, 1.54) is 6.20 Å². The van der Waals surface area contributed by atoms with Gasteiger partial charge in [0.05, 0.1) is 18.9 Å². The van der Waals surface area contributed by atoms with E-state index < -0.39 is 18.9 Å². The van der Waals surface area contributed by atoms with E-state index in [1.807, 2.05) is 5.32 Å². The zero-order valence-electron chi connectivity index (χ0n) is 7.58. The lowest BCUT2D eigenvalue weighted by molar-refractivity contribution is 0.0886. The van der Waals surface area contributed by atoms with Crippen molar-refractivity contribution in [3.63, 3.8) is 0 Å². The van der Waals surface area contributed by atoms with E-state index in [0.717, 1.165) is 6.20 Å². The highest BCUT2D eigenvalue weighted by atomic mass is 19.3. The Morgan fingerprint density at radius 2 is 2.27 bits per heavy atom. The van der Waals surface area contributed by atoms with Crippen molar-refractivity contribution in [2.75, 3.05) is 12.0 Å². The van der Waals surface area contributed by atoms with E-state index in [1.54, 1.807) is 0 Å². The monoisotopic (exact) mass is 217 g/mol. The molecule has 0 aliphatic rings. The van der Waals surface area contributed by atoms with Gasteiger partial charge in [0, 0.05) is 0 Å². The molecule has 0 atom stereocenters. The number of anilines is 1. The van der Waals surface area contributed by atoms with Crippen LogP contribution >= 0.6 is 0 Å². The molecule has 0 saturated carbocycles. The van der Waals surface area contributed by atoms with Crippen LogP contribution < -0.4 is 16.6 Å². The average Bonchev–Trinajstić information content (AvgIpc) is 2.26. The largest absolute Gasteiger partial charge is 0.345 e. The van der Waals surface area contributed by atoms with Crippen LogP contribution in [0.3, 0.4) is 0 Å². The minimum atomic E-state index is -2.60. The Bertz CT molecular complexity index is 346. The summed E-state index contributed by atoms with van der Waals surface area (Å²) in [4.78, 5) is 18.6. The summed E-state index contributed by atoms with van der Waals surface area (Å²) in [5.74, 6) is 4.49. The summed E-state index contributed by atoms with van der Waals surface area (Å²) in [6.07, 6.45) is -0.149. The Kier molecular flexibility index (Phi) is 3.86. The van der Waals surface area contributed by atoms with Crippen LogP contribution in [-0.4, -0.2) is 28.8 Å². The lowest BCUT2D eigenvalue weighted by Gasteiger charge is -2.04. The molecule has 1 heterocycles. The number of nitrogens with one attached hydrogen (secondary N) is 2. The van der Waals surface area contributed by atoms with Gasteiger partial charge in [-0.3, -0.25) is 9.78 Å². The molecule has 0 saturated heterocycles. The molecule has 0 spiro atoms. The molecule has 8 heteroatoms. The average molecular weight is 217 g/mol.